The number of hydrogen-bond donors (Lipinski definition) is 2. The van der Waals surface area contributed by atoms with E-state index < -0.39 is 11.9 Å². The lowest BCUT2D eigenvalue weighted by molar-refractivity contribution is -0.138. The molecule has 0 heterocycles. The van der Waals surface area contributed by atoms with Crippen LogP contribution >= 0.6 is 31.9 Å². The van der Waals surface area contributed by atoms with E-state index in [1.54, 1.807) is 0 Å². The van der Waals surface area contributed by atoms with Crippen molar-refractivity contribution in [2.24, 2.45) is 0 Å². The largest absolute Gasteiger partial charge is 0.481 e. The number of carboxylic acids is 2. The second-order valence-electron chi connectivity index (χ2n) is 5.64. The maximum Gasteiger partial charge on any atom is 0.303 e. The van der Waals surface area contributed by atoms with E-state index >= 15 is 0 Å². The summed E-state index contributed by atoms with van der Waals surface area (Å²) in [5, 5.41) is 17.0. The molecule has 0 aliphatic carbocycles. The van der Waals surface area contributed by atoms with E-state index in [2.05, 4.69) is 38.8 Å². The van der Waals surface area contributed by atoms with Crippen molar-refractivity contribution in [3.8, 4) is 0 Å². The standard InChI is InChI=1S/C11H12Br2O2.C9H10O2/c1-2-7-3-4-8(5-6-9(14)15)11(13)10(7)12;10-9(11)7-6-8-4-2-1-3-5-8/h3-4H,2,5-6H2,1H3,(H,14,15);1-5H,6-7H2,(H,10,11). The highest BCUT2D eigenvalue weighted by Gasteiger charge is 2.09. The van der Waals surface area contributed by atoms with Gasteiger partial charge in [0.25, 0.3) is 0 Å². The molecule has 0 saturated heterocycles. The van der Waals surface area contributed by atoms with Crippen LogP contribution in [0, 0.1) is 0 Å². The maximum atomic E-state index is 10.5. The normalized spacial score (nSPS) is 9.96. The number of halogens is 2. The summed E-state index contributed by atoms with van der Waals surface area (Å²) in [6, 6.07) is 13.6. The Labute approximate surface area is 170 Å². The van der Waals surface area contributed by atoms with Crippen LogP contribution in [0.5, 0.6) is 0 Å². The molecule has 6 heteroatoms. The van der Waals surface area contributed by atoms with Crippen LogP contribution in [0.25, 0.3) is 0 Å². The van der Waals surface area contributed by atoms with Crippen molar-refractivity contribution in [2.75, 3.05) is 0 Å². The van der Waals surface area contributed by atoms with Crippen molar-refractivity contribution in [3.05, 3.63) is 68.1 Å². The van der Waals surface area contributed by atoms with Gasteiger partial charge in [0.1, 0.15) is 0 Å². The molecule has 26 heavy (non-hydrogen) atoms. The zero-order chi connectivity index (χ0) is 19.5. The average molecular weight is 486 g/mol. The van der Waals surface area contributed by atoms with Crippen molar-refractivity contribution < 1.29 is 19.8 Å². The van der Waals surface area contributed by atoms with Gasteiger partial charge in [-0.25, -0.2) is 0 Å². The molecule has 0 spiro atoms. The summed E-state index contributed by atoms with van der Waals surface area (Å²) in [5.74, 6) is -1.51. The molecule has 0 bridgehead atoms. The first kappa shape index (κ1) is 22.4. The SMILES string of the molecule is CCc1ccc(CCC(=O)O)c(Br)c1Br.O=C(O)CCc1ccccc1. The molecule has 0 aliphatic rings. The number of benzene rings is 2. The molecule has 4 nitrogen and oxygen atoms in total. The smallest absolute Gasteiger partial charge is 0.303 e. The fourth-order valence-electron chi connectivity index (χ4n) is 2.23. The fourth-order valence-corrected chi connectivity index (χ4v) is 3.49. The van der Waals surface area contributed by atoms with Crippen molar-refractivity contribution in [1.29, 1.82) is 0 Å². The van der Waals surface area contributed by atoms with Crippen LogP contribution in [0.2, 0.25) is 0 Å². The van der Waals surface area contributed by atoms with Gasteiger partial charge < -0.3 is 10.2 Å². The quantitative estimate of drug-likeness (QED) is 0.543. The first-order chi connectivity index (χ1) is 12.3. The Hall–Kier alpha value is -1.66. The van der Waals surface area contributed by atoms with Gasteiger partial charge in [0.05, 0.1) is 0 Å². The van der Waals surface area contributed by atoms with E-state index in [0.717, 1.165) is 26.5 Å². The Morgan fingerprint density at radius 1 is 0.808 bits per heavy atom. The molecule has 0 atom stereocenters. The van der Waals surface area contributed by atoms with Gasteiger partial charge >= 0.3 is 11.9 Å². The van der Waals surface area contributed by atoms with Gasteiger partial charge in [-0.15, -0.1) is 0 Å². The van der Waals surface area contributed by atoms with Gasteiger partial charge in [-0.1, -0.05) is 49.4 Å². The summed E-state index contributed by atoms with van der Waals surface area (Å²) in [6.45, 7) is 2.09. The molecule has 140 valence electrons. The highest BCUT2D eigenvalue weighted by atomic mass is 79.9. The number of carboxylic acid groups (broad SMARTS) is 2. The summed E-state index contributed by atoms with van der Waals surface area (Å²) < 4.78 is 2.01. The second-order valence-corrected chi connectivity index (χ2v) is 7.22. The van der Waals surface area contributed by atoms with Gasteiger partial charge in [-0.3, -0.25) is 9.59 Å². The molecule has 0 unspecified atom stereocenters. The first-order valence-electron chi connectivity index (χ1n) is 8.28. The Bertz CT molecular complexity index is 730. The number of carbonyl (C=O) groups is 2. The minimum Gasteiger partial charge on any atom is -0.481 e. The predicted octanol–water partition coefficient (Wildman–Crippen LogP) is 5.50. The minimum atomic E-state index is -0.766. The third kappa shape index (κ3) is 8.15. The molecule has 0 aromatic heterocycles. The van der Waals surface area contributed by atoms with E-state index in [1.807, 2.05) is 42.5 Å². The Kier molecular flexibility index (Phi) is 10.2. The van der Waals surface area contributed by atoms with Crippen molar-refractivity contribution in [2.45, 2.75) is 39.0 Å². The highest BCUT2D eigenvalue weighted by molar-refractivity contribution is 9.13. The Balaban J connectivity index is 0.000000273. The van der Waals surface area contributed by atoms with E-state index in [9.17, 15) is 9.59 Å². The van der Waals surface area contributed by atoms with Crippen LogP contribution in [0.15, 0.2) is 51.4 Å². The van der Waals surface area contributed by atoms with Gasteiger partial charge in [0, 0.05) is 21.8 Å². The third-order valence-corrected chi connectivity index (χ3v) is 6.05. The zero-order valence-electron chi connectivity index (χ0n) is 14.5. The van der Waals surface area contributed by atoms with E-state index in [4.69, 9.17) is 10.2 Å². The molecule has 2 aromatic carbocycles. The average Bonchev–Trinajstić information content (AvgIpc) is 2.62. The maximum absolute atomic E-state index is 10.5. The molecular weight excluding hydrogens is 464 g/mol. The third-order valence-electron chi connectivity index (χ3n) is 3.70. The van der Waals surface area contributed by atoms with Crippen LogP contribution in [0.3, 0.4) is 0 Å². The van der Waals surface area contributed by atoms with Crippen LogP contribution in [-0.2, 0) is 28.9 Å². The number of aliphatic carboxylic acids is 2. The van der Waals surface area contributed by atoms with Crippen molar-refractivity contribution in [3.63, 3.8) is 0 Å². The fraction of sp³-hybridized carbons (Fsp3) is 0.300. The highest BCUT2D eigenvalue weighted by Crippen LogP contribution is 2.31. The van der Waals surface area contributed by atoms with Gasteiger partial charge in [0.15, 0.2) is 0 Å². The van der Waals surface area contributed by atoms with E-state index in [0.29, 0.717) is 12.8 Å². The summed E-state index contributed by atoms with van der Waals surface area (Å²) in [7, 11) is 0. The number of hydrogen-bond acceptors (Lipinski definition) is 2. The Morgan fingerprint density at radius 3 is 1.85 bits per heavy atom. The topological polar surface area (TPSA) is 74.6 Å². The summed E-state index contributed by atoms with van der Waals surface area (Å²) >= 11 is 6.99. The molecule has 2 rings (SSSR count). The first-order valence-corrected chi connectivity index (χ1v) is 9.87. The molecule has 0 fully saturated rings. The van der Waals surface area contributed by atoms with Crippen molar-refractivity contribution in [1.82, 2.24) is 0 Å². The summed E-state index contributed by atoms with van der Waals surface area (Å²) in [4.78, 5) is 20.6. The molecule has 0 radical (unpaired) electrons. The zero-order valence-corrected chi connectivity index (χ0v) is 17.7. The predicted molar refractivity (Wildman–Crippen MR) is 110 cm³/mol. The number of aryl methyl sites for hydroxylation is 3. The molecule has 2 N–H and O–H groups in total. The molecule has 0 aliphatic heterocycles. The molecular formula is C20H22Br2O4. The van der Waals surface area contributed by atoms with E-state index in [-0.39, 0.29) is 12.8 Å². The van der Waals surface area contributed by atoms with Gasteiger partial charge in [0.2, 0.25) is 0 Å². The molecule has 2 aromatic rings. The second kappa shape index (κ2) is 11.9. The van der Waals surface area contributed by atoms with Crippen LogP contribution in [0.1, 0.15) is 36.5 Å². The molecule has 0 saturated carbocycles. The van der Waals surface area contributed by atoms with Gasteiger partial charge in [-0.2, -0.15) is 0 Å². The van der Waals surface area contributed by atoms with Crippen LogP contribution in [0.4, 0.5) is 0 Å². The van der Waals surface area contributed by atoms with Crippen molar-refractivity contribution >= 4 is 43.8 Å². The van der Waals surface area contributed by atoms with Gasteiger partial charge in [-0.05, 0) is 67.8 Å². The van der Waals surface area contributed by atoms with Crippen LogP contribution in [-0.4, -0.2) is 22.2 Å². The lowest BCUT2D eigenvalue weighted by atomic mass is 10.1. The summed E-state index contributed by atoms with van der Waals surface area (Å²) in [6.07, 6.45) is 2.51. The summed E-state index contributed by atoms with van der Waals surface area (Å²) in [5.41, 5.74) is 3.33. The van der Waals surface area contributed by atoms with E-state index in [1.165, 1.54) is 5.56 Å². The lowest BCUT2D eigenvalue weighted by Gasteiger charge is -2.08. The number of rotatable bonds is 7. The monoisotopic (exact) mass is 484 g/mol. The molecule has 0 amide bonds. The lowest BCUT2D eigenvalue weighted by Crippen LogP contribution is -1.99. The van der Waals surface area contributed by atoms with Crippen LogP contribution < -0.4 is 0 Å². The Morgan fingerprint density at radius 2 is 1.31 bits per heavy atom. The minimum absolute atomic E-state index is 0.163.